The maximum absolute atomic E-state index is 12.8. The molecule has 2 atom stereocenters. The minimum atomic E-state index is -4.53. The number of phosphoric ester groups is 1. The van der Waals surface area contributed by atoms with Crippen molar-refractivity contribution >= 4 is 13.8 Å². The lowest BCUT2D eigenvalue weighted by atomic mass is 10.0. The average Bonchev–Trinajstić information content (AvgIpc) is 3.23. The van der Waals surface area contributed by atoms with Gasteiger partial charge in [0.2, 0.25) is 0 Å². The number of hydrogen-bond acceptors (Lipinski definition) is 7. The quantitative estimate of drug-likeness (QED) is 0.0197. The third-order valence-corrected chi connectivity index (χ3v) is 12.4. The van der Waals surface area contributed by atoms with Gasteiger partial charge >= 0.3 is 5.97 Å². The molecule has 0 aliphatic rings. The summed E-state index contributed by atoms with van der Waals surface area (Å²) in [5.41, 5.74) is 0. The maximum atomic E-state index is 12.8. The van der Waals surface area contributed by atoms with Gasteiger partial charge < -0.3 is 27.9 Å². The third kappa shape index (κ3) is 49.7. The molecule has 0 rings (SSSR count). The Hall–Kier alpha value is -1.28. The van der Waals surface area contributed by atoms with E-state index < -0.39 is 13.9 Å². The Balaban J connectivity index is 4.10. The molecule has 0 radical (unpaired) electrons. The normalized spacial score (nSPS) is 13.8. The Labute approximate surface area is 385 Å². The fourth-order valence-corrected chi connectivity index (χ4v) is 8.17. The standard InChI is InChI=1S/C53H102NO7P/c1-6-8-10-12-14-16-18-20-22-24-26-27-28-29-30-32-34-36-38-40-42-44-46-53(55)61-52(51-60-62(56,57)59-49-47-54(3,4)5)50-58-48-45-43-41-39-37-35-33-31-25-23-21-19-17-15-13-11-9-7-2/h9,11,15,17,21,23,52H,6-8,10,12-14,16,18-20,22,24-51H2,1-5H3/b11-9-,17-15-,23-21-. The molecule has 8 nitrogen and oxygen atoms in total. The molecular formula is C53H102NO7P. The summed E-state index contributed by atoms with van der Waals surface area (Å²) in [5.74, 6) is -0.332. The van der Waals surface area contributed by atoms with E-state index in [-0.39, 0.29) is 25.8 Å². The van der Waals surface area contributed by atoms with Crippen LogP contribution in [0.3, 0.4) is 0 Å². The summed E-state index contributed by atoms with van der Waals surface area (Å²) in [4.78, 5) is 25.2. The van der Waals surface area contributed by atoms with Gasteiger partial charge in [-0.25, -0.2) is 0 Å². The van der Waals surface area contributed by atoms with E-state index in [0.29, 0.717) is 24.1 Å². The largest absolute Gasteiger partial charge is 0.756 e. The first kappa shape index (κ1) is 60.7. The van der Waals surface area contributed by atoms with Crippen molar-refractivity contribution in [2.75, 3.05) is 54.1 Å². The van der Waals surface area contributed by atoms with Crippen LogP contribution in [0, 0.1) is 0 Å². The fourth-order valence-electron chi connectivity index (χ4n) is 7.45. The second kappa shape index (κ2) is 46.3. The second-order valence-corrected chi connectivity index (χ2v) is 20.3. The molecule has 0 bridgehead atoms. The summed E-state index contributed by atoms with van der Waals surface area (Å²) in [6.45, 7) is 5.33. The molecule has 0 saturated carbocycles. The first-order chi connectivity index (χ1) is 30.1. The highest BCUT2D eigenvalue weighted by molar-refractivity contribution is 7.45. The predicted molar refractivity (Wildman–Crippen MR) is 263 cm³/mol. The van der Waals surface area contributed by atoms with E-state index >= 15 is 0 Å². The van der Waals surface area contributed by atoms with Gasteiger partial charge in [-0.15, -0.1) is 0 Å². The number of unbranched alkanes of at least 4 members (excludes halogenated alkanes) is 29. The Bertz CT molecular complexity index is 1090. The van der Waals surface area contributed by atoms with E-state index in [0.717, 1.165) is 57.8 Å². The van der Waals surface area contributed by atoms with Crippen molar-refractivity contribution in [2.24, 2.45) is 0 Å². The van der Waals surface area contributed by atoms with Crippen molar-refractivity contribution < 1.29 is 37.3 Å². The number of rotatable bonds is 49. The zero-order valence-corrected chi connectivity index (χ0v) is 42.5. The van der Waals surface area contributed by atoms with Gasteiger partial charge in [0, 0.05) is 13.0 Å². The smallest absolute Gasteiger partial charge is 0.306 e. The van der Waals surface area contributed by atoms with Gasteiger partial charge in [-0.1, -0.05) is 224 Å². The van der Waals surface area contributed by atoms with Crippen molar-refractivity contribution in [3.63, 3.8) is 0 Å². The van der Waals surface area contributed by atoms with E-state index in [1.165, 1.54) is 161 Å². The highest BCUT2D eigenvalue weighted by atomic mass is 31.2. The molecular weight excluding hydrogens is 794 g/mol. The molecule has 0 spiro atoms. The molecule has 0 fully saturated rings. The number of ether oxygens (including phenoxy) is 2. The summed E-state index contributed by atoms with van der Waals surface area (Å²) < 4.78 is 34.8. The topological polar surface area (TPSA) is 94.1 Å². The zero-order chi connectivity index (χ0) is 45.5. The number of carbonyl (C=O) groups excluding carboxylic acids is 1. The molecule has 2 unspecified atom stereocenters. The van der Waals surface area contributed by atoms with E-state index in [9.17, 15) is 14.3 Å². The molecule has 62 heavy (non-hydrogen) atoms. The Morgan fingerprint density at radius 2 is 0.935 bits per heavy atom. The molecule has 366 valence electrons. The van der Waals surface area contributed by atoms with Crippen LogP contribution in [0.1, 0.15) is 239 Å². The highest BCUT2D eigenvalue weighted by Gasteiger charge is 2.20. The summed E-state index contributed by atoms with van der Waals surface area (Å²) >= 11 is 0. The second-order valence-electron chi connectivity index (χ2n) is 18.9. The van der Waals surface area contributed by atoms with Crippen LogP contribution in [0.2, 0.25) is 0 Å². The number of quaternary nitrogens is 1. The molecule has 0 aromatic heterocycles. The Morgan fingerprint density at radius 3 is 1.40 bits per heavy atom. The van der Waals surface area contributed by atoms with Crippen LogP contribution in [-0.2, 0) is 27.9 Å². The van der Waals surface area contributed by atoms with Crippen LogP contribution in [0.25, 0.3) is 0 Å². The van der Waals surface area contributed by atoms with Crippen LogP contribution in [-0.4, -0.2) is 70.7 Å². The lowest BCUT2D eigenvalue weighted by Gasteiger charge is -2.28. The van der Waals surface area contributed by atoms with Crippen LogP contribution >= 0.6 is 7.82 Å². The molecule has 0 aliphatic carbocycles. The number of likely N-dealkylation sites (N-methyl/N-ethyl adjacent to an activating group) is 1. The van der Waals surface area contributed by atoms with Crippen LogP contribution in [0.5, 0.6) is 0 Å². The number of allylic oxidation sites excluding steroid dienone is 6. The lowest BCUT2D eigenvalue weighted by Crippen LogP contribution is -2.37. The van der Waals surface area contributed by atoms with Crippen LogP contribution in [0.15, 0.2) is 36.5 Å². The summed E-state index contributed by atoms with van der Waals surface area (Å²) in [5, 5.41) is 0. The first-order valence-electron chi connectivity index (χ1n) is 26.2. The summed E-state index contributed by atoms with van der Waals surface area (Å²) in [6.07, 6.45) is 56.0. The van der Waals surface area contributed by atoms with Crippen molar-refractivity contribution in [3.05, 3.63) is 36.5 Å². The van der Waals surface area contributed by atoms with Crippen molar-refractivity contribution in [3.8, 4) is 0 Å². The molecule has 9 heteroatoms. The predicted octanol–water partition coefficient (Wildman–Crippen LogP) is 15.5. The minimum Gasteiger partial charge on any atom is -0.756 e. The summed E-state index contributed by atoms with van der Waals surface area (Å²) in [7, 11) is 1.36. The SMILES string of the molecule is CC/C=C\C/C=C\C/C=C\CCCCCCCCCCOCC(COP(=O)([O-])OCC[N+](C)(C)C)OC(=O)CCCCCCCCCCCCCCCCCCCCCCCC. The molecule has 0 saturated heterocycles. The molecule has 0 aromatic rings. The number of nitrogens with zero attached hydrogens (tertiary/aromatic N) is 1. The van der Waals surface area contributed by atoms with Gasteiger partial charge in [0.25, 0.3) is 7.82 Å². The Kier molecular flexibility index (Phi) is 45.3. The van der Waals surface area contributed by atoms with Crippen molar-refractivity contribution in [2.45, 2.75) is 245 Å². The Morgan fingerprint density at radius 1 is 0.516 bits per heavy atom. The number of carbonyl (C=O) groups is 1. The van der Waals surface area contributed by atoms with Crippen LogP contribution < -0.4 is 4.89 Å². The van der Waals surface area contributed by atoms with Gasteiger partial charge in [-0.3, -0.25) is 9.36 Å². The first-order valence-corrected chi connectivity index (χ1v) is 27.7. The number of hydrogen-bond donors (Lipinski definition) is 0. The van der Waals surface area contributed by atoms with E-state index in [4.69, 9.17) is 18.5 Å². The van der Waals surface area contributed by atoms with E-state index in [2.05, 4.69) is 50.3 Å². The number of phosphoric acid groups is 1. The van der Waals surface area contributed by atoms with E-state index in [1.807, 2.05) is 21.1 Å². The third-order valence-electron chi connectivity index (χ3n) is 11.5. The molecule has 0 N–H and O–H groups in total. The number of esters is 1. The summed E-state index contributed by atoms with van der Waals surface area (Å²) in [6, 6.07) is 0. The van der Waals surface area contributed by atoms with Gasteiger partial charge in [-0.2, -0.15) is 0 Å². The molecule has 0 aliphatic heterocycles. The minimum absolute atomic E-state index is 0.0257. The van der Waals surface area contributed by atoms with Crippen molar-refractivity contribution in [1.82, 2.24) is 0 Å². The fraction of sp³-hybridized carbons (Fsp3) is 0.868. The maximum Gasteiger partial charge on any atom is 0.306 e. The van der Waals surface area contributed by atoms with Gasteiger partial charge in [0.15, 0.2) is 0 Å². The highest BCUT2D eigenvalue weighted by Crippen LogP contribution is 2.38. The van der Waals surface area contributed by atoms with Gasteiger partial charge in [0.1, 0.15) is 19.3 Å². The molecule has 0 heterocycles. The monoisotopic (exact) mass is 896 g/mol. The average molecular weight is 896 g/mol. The van der Waals surface area contributed by atoms with Gasteiger partial charge in [0.05, 0.1) is 34.4 Å². The molecule has 0 aromatic carbocycles. The lowest BCUT2D eigenvalue weighted by molar-refractivity contribution is -0.870. The van der Waals surface area contributed by atoms with Gasteiger partial charge in [-0.05, 0) is 44.9 Å². The van der Waals surface area contributed by atoms with Crippen LogP contribution in [0.4, 0.5) is 0 Å². The van der Waals surface area contributed by atoms with E-state index in [1.54, 1.807) is 0 Å². The molecule has 0 amide bonds. The zero-order valence-electron chi connectivity index (χ0n) is 41.6. The van der Waals surface area contributed by atoms with Crippen molar-refractivity contribution in [1.29, 1.82) is 0 Å².